The summed E-state index contributed by atoms with van der Waals surface area (Å²) in [5.74, 6) is 1.11. The van der Waals surface area contributed by atoms with Gasteiger partial charge in [0.05, 0.1) is 5.56 Å². The Hall–Kier alpha value is -1.50. The van der Waals surface area contributed by atoms with Crippen LogP contribution in [-0.4, -0.2) is 4.98 Å². The van der Waals surface area contributed by atoms with Gasteiger partial charge in [-0.15, -0.1) is 11.8 Å². The maximum absolute atomic E-state index is 9.16. The van der Waals surface area contributed by atoms with Gasteiger partial charge in [-0.2, -0.15) is 5.26 Å². The minimum atomic E-state index is 0.355. The fourth-order valence-corrected chi connectivity index (χ4v) is 2.88. The second kappa shape index (κ2) is 6.78. The van der Waals surface area contributed by atoms with Crippen molar-refractivity contribution in [1.29, 1.82) is 5.26 Å². The lowest BCUT2D eigenvalue weighted by Crippen LogP contribution is -1.96. The minimum Gasteiger partial charge on any atom is -0.245 e. The highest BCUT2D eigenvalue weighted by Gasteiger charge is 2.09. The van der Waals surface area contributed by atoms with E-state index in [9.17, 15) is 0 Å². The van der Waals surface area contributed by atoms with Crippen molar-refractivity contribution in [3.05, 3.63) is 58.2 Å². The Morgan fingerprint density at radius 1 is 1.30 bits per heavy atom. The molecule has 0 N–H and O–H groups in total. The molecule has 0 bridgehead atoms. The summed E-state index contributed by atoms with van der Waals surface area (Å²) in [6, 6.07) is 13.7. The van der Waals surface area contributed by atoms with Gasteiger partial charge in [-0.05, 0) is 35.7 Å². The van der Waals surface area contributed by atoms with E-state index in [0.29, 0.717) is 11.5 Å². The smallest absolute Gasteiger partial charge is 0.114 e. The van der Waals surface area contributed by atoms with E-state index < -0.39 is 0 Å². The third kappa shape index (κ3) is 3.75. The predicted molar refractivity (Wildman–Crippen MR) is 84.1 cm³/mol. The zero-order valence-corrected chi connectivity index (χ0v) is 13.0. The average molecular weight is 303 g/mol. The third-order valence-electron chi connectivity index (χ3n) is 2.86. The number of thioether (sulfide) groups is 1. The third-order valence-corrected chi connectivity index (χ3v) is 4.16. The SMILES string of the molecule is CC(C)c1ccc(C#N)c(SCc2cccc(Cl)c2)n1. The summed E-state index contributed by atoms with van der Waals surface area (Å²) >= 11 is 7.55. The number of halogens is 1. The lowest BCUT2D eigenvalue weighted by Gasteiger charge is -2.09. The number of aromatic nitrogens is 1. The summed E-state index contributed by atoms with van der Waals surface area (Å²) in [7, 11) is 0. The maximum Gasteiger partial charge on any atom is 0.114 e. The van der Waals surface area contributed by atoms with Crippen molar-refractivity contribution in [2.75, 3.05) is 0 Å². The van der Waals surface area contributed by atoms with Crippen LogP contribution >= 0.6 is 23.4 Å². The lowest BCUT2D eigenvalue weighted by molar-refractivity contribution is 0.801. The maximum atomic E-state index is 9.16. The van der Waals surface area contributed by atoms with Gasteiger partial charge in [-0.1, -0.05) is 37.6 Å². The Morgan fingerprint density at radius 3 is 2.75 bits per heavy atom. The number of pyridine rings is 1. The topological polar surface area (TPSA) is 36.7 Å². The van der Waals surface area contributed by atoms with Gasteiger partial charge in [0, 0.05) is 16.5 Å². The highest BCUT2D eigenvalue weighted by molar-refractivity contribution is 7.98. The van der Waals surface area contributed by atoms with Crippen LogP contribution in [0, 0.1) is 11.3 Å². The number of hydrogen-bond acceptors (Lipinski definition) is 3. The van der Waals surface area contributed by atoms with Gasteiger partial charge in [-0.3, -0.25) is 0 Å². The fraction of sp³-hybridized carbons (Fsp3) is 0.250. The molecule has 0 aliphatic heterocycles. The van der Waals surface area contributed by atoms with Crippen LogP contribution in [0.25, 0.3) is 0 Å². The lowest BCUT2D eigenvalue weighted by atomic mass is 10.1. The summed E-state index contributed by atoms with van der Waals surface area (Å²) < 4.78 is 0. The van der Waals surface area contributed by atoms with Crippen molar-refractivity contribution >= 4 is 23.4 Å². The first-order valence-electron chi connectivity index (χ1n) is 6.38. The summed E-state index contributed by atoms with van der Waals surface area (Å²) in [5, 5.41) is 10.7. The van der Waals surface area contributed by atoms with Crippen LogP contribution in [0.15, 0.2) is 41.4 Å². The largest absolute Gasteiger partial charge is 0.245 e. The molecular formula is C16H15ClN2S. The van der Waals surface area contributed by atoms with E-state index in [1.807, 2.05) is 36.4 Å². The molecule has 0 radical (unpaired) electrons. The van der Waals surface area contributed by atoms with E-state index >= 15 is 0 Å². The quantitative estimate of drug-likeness (QED) is 0.744. The molecular weight excluding hydrogens is 288 g/mol. The second-order valence-electron chi connectivity index (χ2n) is 4.77. The normalized spacial score (nSPS) is 10.6. The zero-order valence-electron chi connectivity index (χ0n) is 11.4. The highest BCUT2D eigenvalue weighted by Crippen LogP contribution is 2.27. The summed E-state index contributed by atoms with van der Waals surface area (Å²) in [4.78, 5) is 4.59. The molecule has 2 nitrogen and oxygen atoms in total. The first-order chi connectivity index (χ1) is 9.60. The highest BCUT2D eigenvalue weighted by atomic mass is 35.5. The molecule has 102 valence electrons. The Balaban J connectivity index is 2.20. The molecule has 0 spiro atoms. The molecule has 0 atom stereocenters. The van der Waals surface area contributed by atoms with Crippen molar-refractivity contribution in [2.45, 2.75) is 30.5 Å². The van der Waals surface area contributed by atoms with Crippen molar-refractivity contribution in [1.82, 2.24) is 4.98 Å². The van der Waals surface area contributed by atoms with E-state index in [1.165, 1.54) is 0 Å². The molecule has 0 aliphatic rings. The van der Waals surface area contributed by atoms with E-state index in [4.69, 9.17) is 16.9 Å². The molecule has 20 heavy (non-hydrogen) atoms. The van der Waals surface area contributed by atoms with Gasteiger partial charge in [0.1, 0.15) is 11.1 Å². The Labute approximate surface area is 128 Å². The van der Waals surface area contributed by atoms with Crippen molar-refractivity contribution in [3.63, 3.8) is 0 Å². The van der Waals surface area contributed by atoms with Crippen LogP contribution in [0.2, 0.25) is 5.02 Å². The van der Waals surface area contributed by atoms with Crippen LogP contribution in [0.1, 0.15) is 36.6 Å². The molecule has 0 aliphatic carbocycles. The second-order valence-corrected chi connectivity index (χ2v) is 6.17. The molecule has 0 amide bonds. The van der Waals surface area contributed by atoms with Gasteiger partial charge in [-0.25, -0.2) is 4.98 Å². The Morgan fingerprint density at radius 2 is 2.10 bits per heavy atom. The monoisotopic (exact) mass is 302 g/mol. The average Bonchev–Trinajstić information content (AvgIpc) is 2.44. The molecule has 0 saturated heterocycles. The van der Waals surface area contributed by atoms with Crippen molar-refractivity contribution < 1.29 is 0 Å². The Bertz CT molecular complexity index is 647. The molecule has 0 fully saturated rings. The standard InChI is InChI=1S/C16H15ClN2S/c1-11(2)15-7-6-13(9-18)16(19-15)20-10-12-4-3-5-14(17)8-12/h3-8,11H,10H2,1-2H3. The predicted octanol–water partition coefficient (Wildman–Crippen LogP) is 5.02. The van der Waals surface area contributed by atoms with Gasteiger partial charge >= 0.3 is 0 Å². The van der Waals surface area contributed by atoms with Crippen LogP contribution in [-0.2, 0) is 5.75 Å². The molecule has 0 unspecified atom stereocenters. The molecule has 1 heterocycles. The molecule has 2 rings (SSSR count). The van der Waals surface area contributed by atoms with Crippen LogP contribution in [0.5, 0.6) is 0 Å². The van der Waals surface area contributed by atoms with Crippen LogP contribution in [0.3, 0.4) is 0 Å². The molecule has 0 saturated carbocycles. The van der Waals surface area contributed by atoms with Gasteiger partial charge in [0.2, 0.25) is 0 Å². The van der Waals surface area contributed by atoms with E-state index in [-0.39, 0.29) is 0 Å². The first-order valence-corrected chi connectivity index (χ1v) is 7.75. The number of benzene rings is 1. The number of nitrogens with zero attached hydrogens (tertiary/aromatic N) is 2. The molecule has 1 aromatic heterocycles. The molecule has 4 heteroatoms. The number of rotatable bonds is 4. The number of nitriles is 1. The van der Waals surface area contributed by atoms with Gasteiger partial charge in [0.25, 0.3) is 0 Å². The van der Waals surface area contributed by atoms with Gasteiger partial charge < -0.3 is 0 Å². The summed E-state index contributed by atoms with van der Waals surface area (Å²) in [5.41, 5.74) is 2.77. The van der Waals surface area contributed by atoms with Crippen LogP contribution < -0.4 is 0 Å². The number of hydrogen-bond donors (Lipinski definition) is 0. The van der Waals surface area contributed by atoms with Crippen molar-refractivity contribution in [3.8, 4) is 6.07 Å². The Kier molecular flexibility index (Phi) is 5.05. The summed E-state index contributed by atoms with van der Waals surface area (Å²) in [6.45, 7) is 4.19. The van der Waals surface area contributed by atoms with E-state index in [0.717, 1.165) is 27.1 Å². The van der Waals surface area contributed by atoms with Crippen molar-refractivity contribution in [2.24, 2.45) is 0 Å². The minimum absolute atomic E-state index is 0.355. The van der Waals surface area contributed by atoms with E-state index in [1.54, 1.807) is 11.8 Å². The molecule has 1 aromatic carbocycles. The van der Waals surface area contributed by atoms with Crippen LogP contribution in [0.4, 0.5) is 0 Å². The van der Waals surface area contributed by atoms with Gasteiger partial charge in [0.15, 0.2) is 0 Å². The molecule has 2 aromatic rings. The first kappa shape index (κ1) is 14.9. The van der Waals surface area contributed by atoms with E-state index in [2.05, 4.69) is 24.9 Å². The summed E-state index contributed by atoms with van der Waals surface area (Å²) in [6.07, 6.45) is 0. The fourth-order valence-electron chi connectivity index (χ4n) is 1.75. The zero-order chi connectivity index (χ0) is 14.5.